The molecule has 2 atom stereocenters. The Bertz CT molecular complexity index is 510. The average molecular weight is 211 g/mol. The maximum Gasteiger partial charge on any atom is 0.101 e. The van der Waals surface area contributed by atoms with E-state index in [0.29, 0.717) is 11.6 Å². The molecule has 16 heavy (non-hydrogen) atoms. The minimum atomic E-state index is 0.496. The lowest BCUT2D eigenvalue weighted by Crippen LogP contribution is -2.50. The molecule has 3 nitrogen and oxygen atoms in total. The zero-order valence-corrected chi connectivity index (χ0v) is 9.20. The predicted octanol–water partition coefficient (Wildman–Crippen LogP) is 1.64. The Hall–Kier alpha value is -1.66. The molecule has 1 N–H and O–H groups in total. The normalized spacial score (nSPS) is 26.6. The van der Waals surface area contributed by atoms with Crippen molar-refractivity contribution in [2.45, 2.75) is 19.4 Å². The van der Waals surface area contributed by atoms with Crippen molar-refractivity contribution in [2.24, 2.45) is 5.92 Å². The third-order valence-electron chi connectivity index (χ3n) is 3.59. The SMILES string of the molecule is Cc1ncc(C2=CC[C@H]3CN[C@@H]23)cc1C#N. The van der Waals surface area contributed by atoms with Crippen molar-refractivity contribution in [1.82, 2.24) is 10.3 Å². The number of hydrogen-bond donors (Lipinski definition) is 1. The molecule has 2 aliphatic rings. The quantitative estimate of drug-likeness (QED) is 0.768. The highest BCUT2D eigenvalue weighted by atomic mass is 15.0. The summed E-state index contributed by atoms with van der Waals surface area (Å²) in [5.74, 6) is 0.766. The molecule has 0 bridgehead atoms. The van der Waals surface area contributed by atoms with Crippen molar-refractivity contribution in [3.63, 3.8) is 0 Å². The minimum Gasteiger partial charge on any atom is -0.309 e. The van der Waals surface area contributed by atoms with Gasteiger partial charge >= 0.3 is 0 Å². The molecule has 0 amide bonds. The van der Waals surface area contributed by atoms with Gasteiger partial charge in [-0.15, -0.1) is 0 Å². The lowest BCUT2D eigenvalue weighted by Gasteiger charge is -2.34. The Kier molecular flexibility index (Phi) is 2.05. The fourth-order valence-corrected chi connectivity index (χ4v) is 2.49. The standard InChI is InChI=1S/C13H13N3/c1-8-10(5-14)4-11(7-15-8)12-3-2-9-6-16-13(9)12/h3-4,7,9,13,16H,2,6H2,1H3/t9-,13+/m0/s1. The largest absolute Gasteiger partial charge is 0.309 e. The van der Waals surface area contributed by atoms with Crippen LogP contribution in [0.4, 0.5) is 0 Å². The van der Waals surface area contributed by atoms with E-state index in [0.717, 1.165) is 30.1 Å². The van der Waals surface area contributed by atoms with Crippen LogP contribution in [-0.2, 0) is 0 Å². The van der Waals surface area contributed by atoms with E-state index in [9.17, 15) is 0 Å². The van der Waals surface area contributed by atoms with Crippen LogP contribution in [0.25, 0.3) is 5.57 Å². The number of hydrogen-bond acceptors (Lipinski definition) is 3. The van der Waals surface area contributed by atoms with Crippen LogP contribution in [0.5, 0.6) is 0 Å². The van der Waals surface area contributed by atoms with Crippen LogP contribution >= 0.6 is 0 Å². The van der Waals surface area contributed by atoms with Gasteiger partial charge in [0.15, 0.2) is 0 Å². The predicted molar refractivity (Wildman–Crippen MR) is 61.6 cm³/mol. The Morgan fingerprint density at radius 1 is 1.56 bits per heavy atom. The molecule has 0 unspecified atom stereocenters. The summed E-state index contributed by atoms with van der Waals surface area (Å²) in [6.07, 6.45) is 5.32. The summed E-state index contributed by atoms with van der Waals surface area (Å²) in [5, 5.41) is 12.4. The van der Waals surface area contributed by atoms with Crippen molar-refractivity contribution >= 4 is 5.57 Å². The van der Waals surface area contributed by atoms with E-state index in [1.165, 1.54) is 5.57 Å². The topological polar surface area (TPSA) is 48.7 Å². The number of nitriles is 1. The molecule has 3 rings (SSSR count). The van der Waals surface area contributed by atoms with Crippen molar-refractivity contribution in [2.75, 3.05) is 6.54 Å². The molecule has 80 valence electrons. The van der Waals surface area contributed by atoms with E-state index in [1.54, 1.807) is 0 Å². The number of pyridine rings is 1. The Balaban J connectivity index is 1.99. The van der Waals surface area contributed by atoms with Crippen molar-refractivity contribution in [1.29, 1.82) is 5.26 Å². The number of aromatic nitrogens is 1. The second-order valence-electron chi connectivity index (χ2n) is 4.51. The first-order valence-corrected chi connectivity index (χ1v) is 5.60. The monoisotopic (exact) mass is 211 g/mol. The van der Waals surface area contributed by atoms with Crippen LogP contribution in [0, 0.1) is 24.2 Å². The van der Waals surface area contributed by atoms with Crippen LogP contribution in [0.2, 0.25) is 0 Å². The van der Waals surface area contributed by atoms with Crippen LogP contribution in [0.3, 0.4) is 0 Å². The van der Waals surface area contributed by atoms with E-state index in [1.807, 2.05) is 19.2 Å². The molecular formula is C13H13N3. The number of nitrogens with zero attached hydrogens (tertiary/aromatic N) is 2. The Morgan fingerprint density at radius 3 is 3.06 bits per heavy atom. The number of aryl methyl sites for hydroxylation is 1. The molecule has 1 aliphatic carbocycles. The molecule has 1 saturated heterocycles. The summed E-state index contributed by atoms with van der Waals surface area (Å²) in [5.41, 5.74) is 3.91. The molecule has 1 aromatic heterocycles. The van der Waals surface area contributed by atoms with Gasteiger partial charge in [-0.2, -0.15) is 5.26 Å². The summed E-state index contributed by atoms with van der Waals surface area (Å²) < 4.78 is 0. The minimum absolute atomic E-state index is 0.496. The molecule has 2 heterocycles. The maximum atomic E-state index is 8.99. The highest BCUT2D eigenvalue weighted by Gasteiger charge is 2.37. The van der Waals surface area contributed by atoms with Gasteiger partial charge in [0.25, 0.3) is 0 Å². The van der Waals surface area contributed by atoms with E-state index < -0.39 is 0 Å². The number of nitrogens with one attached hydrogen (secondary N) is 1. The van der Waals surface area contributed by atoms with Crippen LogP contribution < -0.4 is 5.32 Å². The Labute approximate surface area is 94.8 Å². The number of fused-ring (bicyclic) bond motifs is 1. The molecule has 0 aromatic carbocycles. The first kappa shape index (κ1) is 9.56. The lowest BCUT2D eigenvalue weighted by molar-refractivity contribution is 0.307. The molecular weight excluding hydrogens is 198 g/mol. The summed E-state index contributed by atoms with van der Waals surface area (Å²) in [6, 6.07) is 4.64. The first-order chi connectivity index (χ1) is 7.79. The average Bonchev–Trinajstić information content (AvgIpc) is 2.54. The van der Waals surface area contributed by atoms with Gasteiger partial charge < -0.3 is 5.32 Å². The third-order valence-corrected chi connectivity index (χ3v) is 3.59. The zero-order valence-electron chi connectivity index (χ0n) is 9.20. The fraction of sp³-hybridized carbons (Fsp3) is 0.385. The summed E-state index contributed by atoms with van der Waals surface area (Å²) in [4.78, 5) is 4.29. The number of rotatable bonds is 1. The van der Waals surface area contributed by atoms with Gasteiger partial charge in [-0.1, -0.05) is 6.08 Å². The van der Waals surface area contributed by atoms with Crippen LogP contribution in [0.15, 0.2) is 18.3 Å². The van der Waals surface area contributed by atoms with Gasteiger partial charge in [0.1, 0.15) is 6.07 Å². The van der Waals surface area contributed by atoms with Crippen molar-refractivity contribution in [3.8, 4) is 6.07 Å². The molecule has 1 aromatic rings. The highest BCUT2D eigenvalue weighted by molar-refractivity contribution is 5.73. The van der Waals surface area contributed by atoms with E-state index in [4.69, 9.17) is 5.26 Å². The van der Waals surface area contributed by atoms with Gasteiger partial charge in [0.05, 0.1) is 11.3 Å². The van der Waals surface area contributed by atoms with Crippen LogP contribution in [0.1, 0.15) is 23.2 Å². The smallest absolute Gasteiger partial charge is 0.101 e. The van der Waals surface area contributed by atoms with Gasteiger partial charge in [-0.25, -0.2) is 0 Å². The molecule has 0 saturated carbocycles. The molecule has 3 heteroatoms. The second kappa shape index (κ2) is 3.43. The summed E-state index contributed by atoms with van der Waals surface area (Å²) in [7, 11) is 0. The molecule has 1 fully saturated rings. The first-order valence-electron chi connectivity index (χ1n) is 5.60. The molecule has 0 spiro atoms. The molecule has 1 aliphatic heterocycles. The summed E-state index contributed by atoms with van der Waals surface area (Å²) in [6.45, 7) is 2.99. The number of allylic oxidation sites excluding steroid dienone is 1. The summed E-state index contributed by atoms with van der Waals surface area (Å²) >= 11 is 0. The third kappa shape index (κ3) is 1.27. The van der Waals surface area contributed by atoms with E-state index >= 15 is 0 Å². The van der Waals surface area contributed by atoms with Gasteiger partial charge in [-0.3, -0.25) is 4.98 Å². The van der Waals surface area contributed by atoms with Crippen molar-refractivity contribution in [3.05, 3.63) is 35.2 Å². The Morgan fingerprint density at radius 2 is 2.44 bits per heavy atom. The molecule has 0 radical (unpaired) electrons. The van der Waals surface area contributed by atoms with E-state index in [2.05, 4.69) is 22.4 Å². The van der Waals surface area contributed by atoms with Gasteiger partial charge in [0, 0.05) is 18.8 Å². The fourth-order valence-electron chi connectivity index (χ4n) is 2.49. The van der Waals surface area contributed by atoms with E-state index in [-0.39, 0.29) is 0 Å². The van der Waals surface area contributed by atoms with Gasteiger partial charge in [-0.05, 0) is 36.5 Å². The van der Waals surface area contributed by atoms with Gasteiger partial charge in [0.2, 0.25) is 0 Å². The van der Waals surface area contributed by atoms with Crippen molar-refractivity contribution < 1.29 is 0 Å². The zero-order chi connectivity index (χ0) is 11.1. The lowest BCUT2D eigenvalue weighted by atomic mass is 9.88. The highest BCUT2D eigenvalue weighted by Crippen LogP contribution is 2.37. The van der Waals surface area contributed by atoms with Crippen LogP contribution in [-0.4, -0.2) is 17.6 Å². The maximum absolute atomic E-state index is 8.99. The second-order valence-corrected chi connectivity index (χ2v) is 4.51.